The van der Waals surface area contributed by atoms with Gasteiger partial charge in [0.25, 0.3) is 0 Å². The zero-order valence-corrected chi connectivity index (χ0v) is 9.17. The first kappa shape index (κ1) is 11.1. The van der Waals surface area contributed by atoms with Crippen molar-refractivity contribution >= 4 is 5.97 Å². The Morgan fingerprint density at radius 2 is 2.50 bits per heavy atom. The van der Waals surface area contributed by atoms with Gasteiger partial charge in [-0.05, 0) is 31.0 Å². The Morgan fingerprint density at radius 1 is 1.62 bits per heavy atom. The van der Waals surface area contributed by atoms with Crippen LogP contribution in [0.1, 0.15) is 30.9 Å². The van der Waals surface area contributed by atoms with Crippen molar-refractivity contribution < 1.29 is 9.90 Å². The van der Waals surface area contributed by atoms with E-state index in [1.807, 2.05) is 12.3 Å². The molecule has 4 heteroatoms. The van der Waals surface area contributed by atoms with E-state index in [-0.39, 0.29) is 6.42 Å². The normalized spacial score (nSPS) is 21.1. The van der Waals surface area contributed by atoms with E-state index in [0.29, 0.717) is 12.6 Å². The molecule has 1 fully saturated rings. The molecule has 2 heterocycles. The average molecular weight is 220 g/mol. The number of hydrogen-bond donors (Lipinski definition) is 1. The van der Waals surface area contributed by atoms with E-state index >= 15 is 0 Å². The summed E-state index contributed by atoms with van der Waals surface area (Å²) in [7, 11) is 0. The van der Waals surface area contributed by atoms with Gasteiger partial charge in [-0.3, -0.25) is 14.7 Å². The molecule has 1 saturated heterocycles. The molecular weight excluding hydrogens is 204 g/mol. The summed E-state index contributed by atoms with van der Waals surface area (Å²) in [4.78, 5) is 16.9. The van der Waals surface area contributed by atoms with Crippen LogP contribution < -0.4 is 0 Å². The number of hydrogen-bond acceptors (Lipinski definition) is 3. The van der Waals surface area contributed by atoms with Gasteiger partial charge in [-0.2, -0.15) is 0 Å². The van der Waals surface area contributed by atoms with E-state index in [2.05, 4.69) is 16.0 Å². The number of pyridine rings is 1. The van der Waals surface area contributed by atoms with Crippen molar-refractivity contribution in [1.29, 1.82) is 0 Å². The zero-order chi connectivity index (χ0) is 11.4. The van der Waals surface area contributed by atoms with Crippen LogP contribution in [0.15, 0.2) is 24.5 Å². The molecule has 1 aliphatic heterocycles. The molecule has 2 rings (SSSR count). The van der Waals surface area contributed by atoms with Crippen molar-refractivity contribution in [3.05, 3.63) is 30.1 Å². The molecule has 1 aromatic heterocycles. The lowest BCUT2D eigenvalue weighted by molar-refractivity contribution is -0.137. The molecule has 0 bridgehead atoms. The minimum Gasteiger partial charge on any atom is -0.481 e. The van der Waals surface area contributed by atoms with Crippen LogP contribution in [0.25, 0.3) is 0 Å². The highest BCUT2D eigenvalue weighted by Gasteiger charge is 2.25. The van der Waals surface area contributed by atoms with E-state index < -0.39 is 5.97 Å². The van der Waals surface area contributed by atoms with Crippen LogP contribution in [-0.4, -0.2) is 34.0 Å². The highest BCUT2D eigenvalue weighted by atomic mass is 16.4. The fourth-order valence-electron chi connectivity index (χ4n) is 2.28. The van der Waals surface area contributed by atoms with Gasteiger partial charge in [-0.1, -0.05) is 6.07 Å². The first-order chi connectivity index (χ1) is 7.77. The number of rotatable bonds is 4. The molecule has 1 aliphatic rings. The molecular formula is C12H16N2O2. The molecule has 16 heavy (non-hydrogen) atoms. The van der Waals surface area contributed by atoms with Crippen LogP contribution in [0.3, 0.4) is 0 Å². The summed E-state index contributed by atoms with van der Waals surface area (Å²) in [6.45, 7) is 1.63. The molecule has 1 aromatic rings. The van der Waals surface area contributed by atoms with Gasteiger partial charge in [-0.15, -0.1) is 0 Å². The second kappa shape index (κ2) is 5.07. The van der Waals surface area contributed by atoms with Crippen molar-refractivity contribution in [3.63, 3.8) is 0 Å². The first-order valence-electron chi connectivity index (χ1n) is 5.63. The third kappa shape index (κ3) is 2.58. The molecule has 4 nitrogen and oxygen atoms in total. The summed E-state index contributed by atoms with van der Waals surface area (Å²) in [6.07, 6.45) is 6.10. The van der Waals surface area contributed by atoms with Crippen LogP contribution >= 0.6 is 0 Å². The van der Waals surface area contributed by atoms with Gasteiger partial charge in [0, 0.05) is 25.0 Å². The molecule has 0 radical (unpaired) electrons. The van der Waals surface area contributed by atoms with Gasteiger partial charge >= 0.3 is 5.97 Å². The predicted octanol–water partition coefficient (Wildman–Crippen LogP) is 1.69. The van der Waals surface area contributed by atoms with E-state index in [1.165, 1.54) is 5.56 Å². The number of aromatic nitrogens is 1. The number of carbonyl (C=O) groups is 1. The molecule has 0 aliphatic carbocycles. The third-order valence-electron chi connectivity index (χ3n) is 3.05. The standard InChI is InChI=1S/C12H16N2O2/c15-12(16)5-8-14-7-2-4-11(14)10-3-1-6-13-9-10/h1,3,6,9,11H,2,4-5,7-8H2,(H,15,16)/t11-/m0/s1. The lowest BCUT2D eigenvalue weighted by Gasteiger charge is -2.23. The van der Waals surface area contributed by atoms with Gasteiger partial charge in [0.05, 0.1) is 6.42 Å². The van der Waals surface area contributed by atoms with Gasteiger partial charge < -0.3 is 5.11 Å². The van der Waals surface area contributed by atoms with Gasteiger partial charge in [-0.25, -0.2) is 0 Å². The van der Waals surface area contributed by atoms with E-state index in [4.69, 9.17) is 5.11 Å². The van der Waals surface area contributed by atoms with Crippen molar-refractivity contribution in [2.45, 2.75) is 25.3 Å². The topological polar surface area (TPSA) is 53.4 Å². The van der Waals surface area contributed by atoms with Crippen LogP contribution in [0, 0.1) is 0 Å². The fraction of sp³-hybridized carbons (Fsp3) is 0.500. The average Bonchev–Trinajstić information content (AvgIpc) is 2.75. The molecule has 0 aromatic carbocycles. The fourth-order valence-corrected chi connectivity index (χ4v) is 2.28. The Balaban J connectivity index is 2.01. The Bertz CT molecular complexity index is 353. The van der Waals surface area contributed by atoms with Crippen LogP contribution in [0.2, 0.25) is 0 Å². The molecule has 0 unspecified atom stereocenters. The molecule has 1 N–H and O–H groups in total. The number of carboxylic acids is 1. The Hall–Kier alpha value is -1.42. The van der Waals surface area contributed by atoms with Crippen LogP contribution in [-0.2, 0) is 4.79 Å². The first-order valence-corrected chi connectivity index (χ1v) is 5.63. The molecule has 0 amide bonds. The highest BCUT2D eigenvalue weighted by molar-refractivity contribution is 5.66. The molecule has 1 atom stereocenters. The summed E-state index contributed by atoms with van der Waals surface area (Å²) in [6, 6.07) is 4.35. The Labute approximate surface area is 94.9 Å². The second-order valence-corrected chi connectivity index (χ2v) is 4.12. The maximum absolute atomic E-state index is 10.6. The highest BCUT2D eigenvalue weighted by Crippen LogP contribution is 2.31. The molecule has 86 valence electrons. The van der Waals surface area contributed by atoms with E-state index in [9.17, 15) is 4.79 Å². The minimum absolute atomic E-state index is 0.219. The van der Waals surface area contributed by atoms with Crippen molar-refractivity contribution in [1.82, 2.24) is 9.88 Å². The lowest BCUT2D eigenvalue weighted by atomic mass is 10.1. The van der Waals surface area contributed by atoms with Gasteiger partial charge in [0.15, 0.2) is 0 Å². The van der Waals surface area contributed by atoms with Gasteiger partial charge in [0.1, 0.15) is 0 Å². The monoisotopic (exact) mass is 220 g/mol. The number of nitrogens with zero attached hydrogens (tertiary/aromatic N) is 2. The molecule has 0 spiro atoms. The van der Waals surface area contributed by atoms with Crippen molar-refractivity contribution in [2.75, 3.05) is 13.1 Å². The number of likely N-dealkylation sites (tertiary alicyclic amines) is 1. The zero-order valence-electron chi connectivity index (χ0n) is 9.17. The van der Waals surface area contributed by atoms with E-state index in [1.54, 1.807) is 6.20 Å². The lowest BCUT2D eigenvalue weighted by Crippen LogP contribution is -2.26. The predicted molar refractivity (Wildman–Crippen MR) is 60.0 cm³/mol. The van der Waals surface area contributed by atoms with Crippen LogP contribution in [0.4, 0.5) is 0 Å². The Morgan fingerprint density at radius 3 is 3.19 bits per heavy atom. The quantitative estimate of drug-likeness (QED) is 0.839. The summed E-state index contributed by atoms with van der Waals surface area (Å²) < 4.78 is 0. The summed E-state index contributed by atoms with van der Waals surface area (Å²) >= 11 is 0. The Kier molecular flexibility index (Phi) is 3.51. The van der Waals surface area contributed by atoms with Crippen molar-refractivity contribution in [3.8, 4) is 0 Å². The third-order valence-corrected chi connectivity index (χ3v) is 3.05. The van der Waals surface area contributed by atoms with Gasteiger partial charge in [0.2, 0.25) is 0 Å². The van der Waals surface area contributed by atoms with E-state index in [0.717, 1.165) is 19.4 Å². The SMILES string of the molecule is O=C(O)CCN1CCC[C@H]1c1cccnc1. The summed E-state index contributed by atoms with van der Waals surface area (Å²) in [5.41, 5.74) is 1.20. The molecule has 0 saturated carbocycles. The maximum atomic E-state index is 10.6. The van der Waals surface area contributed by atoms with Crippen LogP contribution in [0.5, 0.6) is 0 Å². The number of aliphatic carboxylic acids is 1. The summed E-state index contributed by atoms with van der Waals surface area (Å²) in [5, 5.41) is 8.69. The second-order valence-electron chi connectivity index (χ2n) is 4.12. The largest absolute Gasteiger partial charge is 0.481 e. The smallest absolute Gasteiger partial charge is 0.304 e. The minimum atomic E-state index is -0.725. The summed E-state index contributed by atoms with van der Waals surface area (Å²) in [5.74, 6) is -0.725. The maximum Gasteiger partial charge on any atom is 0.304 e. The van der Waals surface area contributed by atoms with Crippen molar-refractivity contribution in [2.24, 2.45) is 0 Å². The number of carboxylic acid groups (broad SMARTS) is 1.